The summed E-state index contributed by atoms with van der Waals surface area (Å²) in [5.41, 5.74) is -0.613. The number of nitrogens with zero attached hydrogens (tertiary/aromatic N) is 7. The first-order valence-electron chi connectivity index (χ1n) is 23.4. The van der Waals surface area contributed by atoms with Crippen LogP contribution >= 0.6 is 0 Å². The molecular weight excluding hydrogens is 699 g/mol. The van der Waals surface area contributed by atoms with Crippen molar-refractivity contribution in [2.24, 2.45) is 0 Å². The number of aliphatic hydroxyl groups excluding tert-OH is 1. The van der Waals surface area contributed by atoms with Crippen molar-refractivity contribution in [2.75, 3.05) is 29.5 Å². The molecule has 0 bridgehead atoms. The molecule has 4 aliphatic rings. The number of aryl methyl sites for hydroxylation is 1. The third kappa shape index (κ3) is 11.8. The Morgan fingerprint density at radius 3 is 1.27 bits per heavy atom. The smallest absolute Gasteiger partial charge is 0.230 e. The first-order valence-corrected chi connectivity index (χ1v) is 23.4. The Kier molecular flexibility index (Phi) is 16.3. The molecule has 56 heavy (non-hydrogen) atoms. The fourth-order valence-corrected chi connectivity index (χ4v) is 11.0. The minimum atomic E-state index is -0.153. The van der Waals surface area contributed by atoms with E-state index in [0.29, 0.717) is 25.0 Å². The maximum absolute atomic E-state index is 9.97. The van der Waals surface area contributed by atoms with Crippen molar-refractivity contribution >= 4 is 11.9 Å². The Hall–Kier alpha value is -1.59. The van der Waals surface area contributed by atoms with Crippen molar-refractivity contribution in [1.29, 1.82) is 0 Å². The standard InChI is InChI=1S/C46H85N7O3/c1-11-13-21-29-50(36-32-43(3,4)52(44(5,6)33-36)55-38-24-17-15-18-25-38)41-47-40(28-23-31-54)48-42(49-41)51(30-22-14-12-2)37-34-45(7,8)53(46(9,10)35-37)56-39-26-19-16-20-27-39/h36-39,54H,11-35H2,1-10H3. The van der Waals surface area contributed by atoms with Gasteiger partial charge in [0.1, 0.15) is 5.82 Å². The molecule has 0 spiro atoms. The van der Waals surface area contributed by atoms with Gasteiger partial charge in [-0.1, -0.05) is 78.1 Å². The number of hydrogen-bond donors (Lipinski definition) is 1. The minimum Gasteiger partial charge on any atom is -0.396 e. The van der Waals surface area contributed by atoms with Gasteiger partial charge in [0, 0.05) is 60.4 Å². The van der Waals surface area contributed by atoms with Gasteiger partial charge in [-0.3, -0.25) is 9.68 Å². The highest BCUT2D eigenvalue weighted by Gasteiger charge is 2.51. The van der Waals surface area contributed by atoms with Crippen molar-refractivity contribution in [3.8, 4) is 0 Å². The first kappa shape index (κ1) is 45.5. The number of hydroxylamine groups is 4. The SMILES string of the molecule is CCCCCN(c1nc(CCCO)nc(N(CCCCC)C2CC(C)(C)N(OC3CCCCC3)C(C)(C)C2)n1)C1CC(C)(C)N(OC2CCCCC2)C(C)(C)C1. The number of aromatic nitrogens is 3. The van der Waals surface area contributed by atoms with E-state index < -0.39 is 0 Å². The molecule has 1 aromatic heterocycles. The molecule has 4 fully saturated rings. The second-order valence-corrected chi connectivity index (χ2v) is 20.7. The largest absolute Gasteiger partial charge is 0.396 e. The maximum atomic E-state index is 9.97. The van der Waals surface area contributed by atoms with E-state index in [9.17, 15) is 5.11 Å². The number of unbranched alkanes of at least 4 members (excludes halogenated alkanes) is 4. The highest BCUT2D eigenvalue weighted by molar-refractivity contribution is 5.42. The van der Waals surface area contributed by atoms with Crippen molar-refractivity contribution in [1.82, 2.24) is 25.1 Å². The Morgan fingerprint density at radius 1 is 0.554 bits per heavy atom. The zero-order valence-electron chi connectivity index (χ0n) is 37.9. The van der Waals surface area contributed by atoms with Gasteiger partial charge in [-0.2, -0.15) is 25.1 Å². The molecule has 2 aliphatic carbocycles. The van der Waals surface area contributed by atoms with Crippen LogP contribution in [0.3, 0.4) is 0 Å². The fraction of sp³-hybridized carbons (Fsp3) is 0.935. The molecule has 2 saturated heterocycles. The molecule has 0 radical (unpaired) electrons. The number of hydrogen-bond acceptors (Lipinski definition) is 10. The number of anilines is 2. The summed E-state index contributed by atoms with van der Waals surface area (Å²) in [4.78, 5) is 35.1. The second-order valence-electron chi connectivity index (χ2n) is 20.7. The lowest BCUT2D eigenvalue weighted by Gasteiger charge is -2.57. The topological polar surface area (TPSA) is 90.3 Å². The summed E-state index contributed by atoms with van der Waals surface area (Å²) in [5.74, 6) is 2.43. The molecule has 0 atom stereocenters. The van der Waals surface area contributed by atoms with Crippen molar-refractivity contribution in [3.05, 3.63) is 5.82 Å². The predicted molar refractivity (Wildman–Crippen MR) is 231 cm³/mol. The van der Waals surface area contributed by atoms with Gasteiger partial charge in [0.25, 0.3) is 0 Å². The van der Waals surface area contributed by atoms with Gasteiger partial charge in [-0.25, -0.2) is 0 Å². The molecule has 1 aromatic rings. The predicted octanol–water partition coefficient (Wildman–Crippen LogP) is 10.4. The van der Waals surface area contributed by atoms with Gasteiger partial charge >= 0.3 is 0 Å². The molecule has 10 heteroatoms. The molecule has 3 heterocycles. The second kappa shape index (κ2) is 20.1. The average molecular weight is 784 g/mol. The Labute approximate surface area is 343 Å². The normalized spacial score (nSPS) is 24.1. The van der Waals surface area contributed by atoms with Crippen LogP contribution in [-0.4, -0.2) is 96.3 Å². The lowest BCUT2D eigenvalue weighted by Crippen LogP contribution is -2.65. The Morgan fingerprint density at radius 2 is 0.929 bits per heavy atom. The molecule has 0 amide bonds. The molecule has 2 saturated carbocycles. The van der Waals surface area contributed by atoms with Crippen LogP contribution in [-0.2, 0) is 16.1 Å². The van der Waals surface area contributed by atoms with E-state index in [0.717, 1.165) is 95.0 Å². The van der Waals surface area contributed by atoms with E-state index in [4.69, 9.17) is 24.6 Å². The van der Waals surface area contributed by atoms with Crippen LogP contribution in [0.2, 0.25) is 0 Å². The van der Waals surface area contributed by atoms with Gasteiger partial charge < -0.3 is 14.9 Å². The Bertz CT molecular complexity index is 1200. The van der Waals surface area contributed by atoms with Crippen LogP contribution in [0.25, 0.3) is 0 Å². The molecule has 5 rings (SSSR count). The molecule has 10 nitrogen and oxygen atoms in total. The number of aliphatic hydroxyl groups is 1. The summed E-state index contributed by atoms with van der Waals surface area (Å²) in [6.07, 6.45) is 25.1. The summed E-state index contributed by atoms with van der Waals surface area (Å²) in [6.45, 7) is 25.6. The van der Waals surface area contributed by atoms with Crippen LogP contribution in [0.1, 0.15) is 210 Å². The highest BCUT2D eigenvalue weighted by Crippen LogP contribution is 2.45. The summed E-state index contributed by atoms with van der Waals surface area (Å²) in [6, 6.07) is 0.520. The van der Waals surface area contributed by atoms with Crippen molar-refractivity contribution in [3.63, 3.8) is 0 Å². The van der Waals surface area contributed by atoms with Gasteiger partial charge in [0.05, 0.1) is 12.2 Å². The quantitative estimate of drug-likeness (QED) is 0.137. The van der Waals surface area contributed by atoms with Gasteiger partial charge in [0.2, 0.25) is 11.9 Å². The third-order valence-electron chi connectivity index (χ3n) is 13.4. The molecule has 2 aliphatic heterocycles. The molecule has 0 unspecified atom stereocenters. The monoisotopic (exact) mass is 784 g/mol. The molecular formula is C46H85N7O3. The van der Waals surface area contributed by atoms with E-state index >= 15 is 0 Å². The van der Waals surface area contributed by atoms with Crippen molar-refractivity contribution < 1.29 is 14.8 Å². The lowest BCUT2D eigenvalue weighted by molar-refractivity contribution is -0.310. The van der Waals surface area contributed by atoms with E-state index in [1.165, 1.54) is 64.2 Å². The van der Waals surface area contributed by atoms with E-state index in [-0.39, 0.29) is 40.8 Å². The van der Waals surface area contributed by atoms with Gasteiger partial charge in [-0.05, 0) is 126 Å². The summed E-state index contributed by atoms with van der Waals surface area (Å²) >= 11 is 0. The first-order chi connectivity index (χ1) is 26.6. The summed E-state index contributed by atoms with van der Waals surface area (Å²) in [7, 11) is 0. The van der Waals surface area contributed by atoms with Crippen LogP contribution in [0.5, 0.6) is 0 Å². The zero-order valence-corrected chi connectivity index (χ0v) is 37.9. The molecule has 1 N–H and O–H groups in total. The fourth-order valence-electron chi connectivity index (χ4n) is 11.0. The third-order valence-corrected chi connectivity index (χ3v) is 13.4. The van der Waals surface area contributed by atoms with Gasteiger partial charge in [0.15, 0.2) is 0 Å². The van der Waals surface area contributed by atoms with E-state index in [1.54, 1.807) is 0 Å². The van der Waals surface area contributed by atoms with Gasteiger partial charge in [-0.15, -0.1) is 0 Å². The van der Waals surface area contributed by atoms with Crippen molar-refractivity contribution in [2.45, 2.75) is 257 Å². The van der Waals surface area contributed by atoms with Crippen LogP contribution in [0.4, 0.5) is 11.9 Å². The minimum absolute atomic E-state index is 0.125. The average Bonchev–Trinajstić information content (AvgIpc) is 3.14. The molecule has 322 valence electrons. The van der Waals surface area contributed by atoms with Crippen LogP contribution in [0.15, 0.2) is 0 Å². The highest BCUT2D eigenvalue weighted by atomic mass is 16.7. The maximum Gasteiger partial charge on any atom is 0.230 e. The van der Waals surface area contributed by atoms with E-state index in [1.807, 2.05) is 0 Å². The Balaban J connectivity index is 1.50. The number of rotatable bonds is 19. The van der Waals surface area contributed by atoms with Crippen LogP contribution < -0.4 is 9.80 Å². The van der Waals surface area contributed by atoms with Crippen LogP contribution in [0, 0.1) is 0 Å². The summed E-state index contributed by atoms with van der Waals surface area (Å²) in [5, 5.41) is 14.7. The summed E-state index contributed by atoms with van der Waals surface area (Å²) < 4.78 is 0. The zero-order chi connectivity index (χ0) is 40.6. The molecule has 0 aromatic carbocycles. The number of piperidine rings is 2. The lowest BCUT2D eigenvalue weighted by atomic mass is 9.78. The van der Waals surface area contributed by atoms with E-state index in [2.05, 4.69) is 89.2 Å².